The second-order valence-corrected chi connectivity index (χ2v) is 9.53. The average molecular weight is 442 g/mol. The minimum absolute atomic E-state index is 0.147. The van der Waals surface area contributed by atoms with Gasteiger partial charge in [0.1, 0.15) is 5.00 Å². The molecule has 1 heterocycles. The number of amides is 2. The van der Waals surface area contributed by atoms with Crippen LogP contribution in [0.4, 0.5) is 5.00 Å². The summed E-state index contributed by atoms with van der Waals surface area (Å²) in [5.74, 6) is 0.238. The normalized spacial score (nSPS) is 15.8. The molecule has 3 rings (SSSR count). The lowest BCUT2D eigenvalue weighted by atomic mass is 9.88. The van der Waals surface area contributed by atoms with E-state index in [1.807, 2.05) is 12.1 Å². The molecule has 0 spiro atoms. The summed E-state index contributed by atoms with van der Waals surface area (Å²) in [5.41, 5.74) is 9.33. The van der Waals surface area contributed by atoms with Crippen LogP contribution in [0.15, 0.2) is 30.3 Å². The number of hydrogen-bond acceptors (Lipinski definition) is 4. The third kappa shape index (κ3) is 5.34. The molecule has 1 aromatic carbocycles. The maximum Gasteiger partial charge on any atom is 0.251 e. The van der Waals surface area contributed by atoms with Crippen molar-refractivity contribution in [3.63, 3.8) is 0 Å². The van der Waals surface area contributed by atoms with Crippen LogP contribution in [0.3, 0.4) is 0 Å². The van der Waals surface area contributed by atoms with E-state index in [1.54, 1.807) is 6.08 Å². The number of fused-ring (bicyclic) bond motifs is 1. The molecule has 0 aliphatic heterocycles. The summed E-state index contributed by atoms with van der Waals surface area (Å²) < 4.78 is 0. The Hall–Kier alpha value is -2.51. The highest BCUT2D eigenvalue weighted by Gasteiger charge is 2.26. The molecular weight excluding hydrogens is 414 g/mol. The molecule has 2 aromatic rings. The zero-order chi connectivity index (χ0) is 21.8. The van der Waals surface area contributed by atoms with Gasteiger partial charge in [-0.15, -0.1) is 11.3 Å². The van der Waals surface area contributed by atoms with Crippen molar-refractivity contribution < 1.29 is 9.59 Å². The van der Waals surface area contributed by atoms with Crippen molar-refractivity contribution in [3.8, 4) is 0 Å². The molecule has 1 unspecified atom stereocenters. The Labute approximate surface area is 186 Å². The van der Waals surface area contributed by atoms with Gasteiger partial charge in [0.2, 0.25) is 5.91 Å². The van der Waals surface area contributed by atoms with E-state index in [0.717, 1.165) is 30.4 Å². The number of primary amides is 1. The Morgan fingerprint density at radius 3 is 2.60 bits per heavy atom. The number of anilines is 1. The lowest BCUT2D eigenvalue weighted by Gasteiger charge is -2.18. The second-order valence-electron chi connectivity index (χ2n) is 8.02. The lowest BCUT2D eigenvalue weighted by Crippen LogP contribution is -2.33. The molecule has 1 aliphatic rings. The summed E-state index contributed by atoms with van der Waals surface area (Å²) in [6.07, 6.45) is 5.98. The standard InChI is InChI=1S/C23H27N3O2S2/c1-13(2)16-8-5-15(6-9-16)7-11-19(27)25-23(29)26-22-20(21(24)28)17-10-4-14(3)12-18(17)30-22/h5-9,11,13-14H,4,10,12H2,1-3H3,(H2,24,28)(H2,25,26,27,29)/b11-7+. The highest BCUT2D eigenvalue weighted by molar-refractivity contribution is 7.80. The number of rotatable bonds is 5. The maximum absolute atomic E-state index is 12.2. The van der Waals surface area contributed by atoms with Crippen molar-refractivity contribution in [1.82, 2.24) is 5.32 Å². The zero-order valence-corrected chi connectivity index (χ0v) is 19.1. The van der Waals surface area contributed by atoms with E-state index in [4.69, 9.17) is 18.0 Å². The van der Waals surface area contributed by atoms with Crippen molar-refractivity contribution in [2.24, 2.45) is 11.7 Å². The van der Waals surface area contributed by atoms with E-state index in [2.05, 4.69) is 43.5 Å². The molecule has 158 valence electrons. The van der Waals surface area contributed by atoms with Crippen molar-refractivity contribution in [2.75, 3.05) is 5.32 Å². The summed E-state index contributed by atoms with van der Waals surface area (Å²) >= 11 is 6.77. The number of nitrogens with two attached hydrogens (primary N) is 1. The first-order valence-electron chi connectivity index (χ1n) is 10.1. The van der Waals surface area contributed by atoms with Gasteiger partial charge in [-0.1, -0.05) is 45.0 Å². The van der Waals surface area contributed by atoms with Gasteiger partial charge in [-0.2, -0.15) is 0 Å². The Balaban J connectivity index is 1.64. The fourth-order valence-corrected chi connectivity index (χ4v) is 5.24. The minimum atomic E-state index is -0.469. The molecule has 0 bridgehead atoms. The zero-order valence-electron chi connectivity index (χ0n) is 17.5. The molecule has 4 N–H and O–H groups in total. The smallest absolute Gasteiger partial charge is 0.251 e. The quantitative estimate of drug-likeness (QED) is 0.467. The van der Waals surface area contributed by atoms with E-state index in [1.165, 1.54) is 27.9 Å². The van der Waals surface area contributed by atoms with Gasteiger partial charge >= 0.3 is 0 Å². The van der Waals surface area contributed by atoms with Crippen LogP contribution in [-0.2, 0) is 17.6 Å². The Morgan fingerprint density at radius 1 is 1.27 bits per heavy atom. The third-order valence-electron chi connectivity index (χ3n) is 5.25. The monoisotopic (exact) mass is 441 g/mol. The average Bonchev–Trinajstić information content (AvgIpc) is 3.03. The first kappa shape index (κ1) is 22.2. The number of thiophene rings is 1. The van der Waals surface area contributed by atoms with Gasteiger partial charge in [0.25, 0.3) is 5.91 Å². The fourth-order valence-electron chi connectivity index (χ4n) is 3.55. The molecule has 1 aliphatic carbocycles. The molecule has 1 atom stereocenters. The van der Waals surface area contributed by atoms with Crippen LogP contribution in [0.5, 0.6) is 0 Å². The lowest BCUT2D eigenvalue weighted by molar-refractivity contribution is -0.115. The predicted molar refractivity (Wildman–Crippen MR) is 128 cm³/mol. The predicted octanol–water partition coefficient (Wildman–Crippen LogP) is 4.62. The van der Waals surface area contributed by atoms with E-state index in [0.29, 0.717) is 22.4 Å². The number of nitrogens with one attached hydrogen (secondary N) is 2. The SMILES string of the molecule is CC1CCc2c(sc(NC(=S)NC(=O)/C=C/c3ccc(C(C)C)cc3)c2C(N)=O)C1. The highest BCUT2D eigenvalue weighted by Crippen LogP contribution is 2.39. The summed E-state index contributed by atoms with van der Waals surface area (Å²) in [6.45, 7) is 6.48. The van der Waals surface area contributed by atoms with Gasteiger partial charge in [-0.3, -0.25) is 14.9 Å². The largest absolute Gasteiger partial charge is 0.365 e. The van der Waals surface area contributed by atoms with Crippen LogP contribution in [0.2, 0.25) is 0 Å². The van der Waals surface area contributed by atoms with Gasteiger partial charge in [-0.05, 0) is 66.1 Å². The second kappa shape index (κ2) is 9.53. The molecule has 0 radical (unpaired) electrons. The summed E-state index contributed by atoms with van der Waals surface area (Å²) in [7, 11) is 0. The molecule has 2 amide bonds. The number of benzene rings is 1. The highest BCUT2D eigenvalue weighted by atomic mass is 32.1. The third-order valence-corrected chi connectivity index (χ3v) is 6.63. The fraction of sp³-hybridized carbons (Fsp3) is 0.348. The van der Waals surface area contributed by atoms with E-state index >= 15 is 0 Å². The van der Waals surface area contributed by atoms with Crippen molar-refractivity contribution >= 4 is 51.6 Å². The number of carbonyl (C=O) groups is 2. The van der Waals surface area contributed by atoms with Gasteiger partial charge in [-0.25, -0.2) is 0 Å². The van der Waals surface area contributed by atoms with E-state index < -0.39 is 5.91 Å². The molecule has 7 heteroatoms. The Kier molecular flexibility index (Phi) is 7.05. The molecule has 0 saturated heterocycles. The number of hydrogen-bond donors (Lipinski definition) is 3. The van der Waals surface area contributed by atoms with Crippen molar-refractivity contribution in [2.45, 2.75) is 46.0 Å². The van der Waals surface area contributed by atoms with E-state index in [-0.39, 0.29) is 11.0 Å². The molecule has 30 heavy (non-hydrogen) atoms. The van der Waals surface area contributed by atoms with Gasteiger partial charge in [0, 0.05) is 11.0 Å². The number of thiocarbonyl (C=S) groups is 1. The minimum Gasteiger partial charge on any atom is -0.365 e. The molecular formula is C23H27N3O2S2. The van der Waals surface area contributed by atoms with E-state index in [9.17, 15) is 9.59 Å². The molecule has 1 aromatic heterocycles. The molecule has 5 nitrogen and oxygen atoms in total. The summed E-state index contributed by atoms with van der Waals surface area (Å²) in [4.78, 5) is 25.4. The van der Waals surface area contributed by atoms with Crippen LogP contribution < -0.4 is 16.4 Å². The Bertz CT molecular complexity index is 991. The summed E-state index contributed by atoms with van der Waals surface area (Å²) in [6, 6.07) is 8.07. The topological polar surface area (TPSA) is 84.2 Å². The molecule has 0 saturated carbocycles. The Morgan fingerprint density at radius 2 is 1.97 bits per heavy atom. The van der Waals surface area contributed by atoms with Crippen LogP contribution in [-0.4, -0.2) is 16.9 Å². The van der Waals surface area contributed by atoms with Crippen LogP contribution in [0.25, 0.3) is 6.08 Å². The number of carbonyl (C=O) groups excluding carboxylic acids is 2. The van der Waals surface area contributed by atoms with Crippen molar-refractivity contribution in [3.05, 3.63) is 57.5 Å². The van der Waals surface area contributed by atoms with Gasteiger partial charge in [0.15, 0.2) is 5.11 Å². The van der Waals surface area contributed by atoms with Gasteiger partial charge < -0.3 is 11.1 Å². The van der Waals surface area contributed by atoms with Crippen LogP contribution >= 0.6 is 23.6 Å². The first-order chi connectivity index (χ1) is 14.2. The maximum atomic E-state index is 12.2. The van der Waals surface area contributed by atoms with Gasteiger partial charge in [0.05, 0.1) is 5.56 Å². The van der Waals surface area contributed by atoms with Crippen molar-refractivity contribution in [1.29, 1.82) is 0 Å². The first-order valence-corrected chi connectivity index (χ1v) is 11.3. The summed E-state index contributed by atoms with van der Waals surface area (Å²) in [5, 5.41) is 6.39. The van der Waals surface area contributed by atoms with Crippen LogP contribution in [0.1, 0.15) is 65.0 Å². The molecule has 0 fully saturated rings. The van der Waals surface area contributed by atoms with Crippen LogP contribution in [0, 0.1) is 5.92 Å².